The Kier molecular flexibility index (Phi) is 2.25. The minimum absolute atomic E-state index is 1.05. The number of aromatic nitrogens is 2. The first-order chi connectivity index (χ1) is 10.9. The predicted molar refractivity (Wildman–Crippen MR) is 91.9 cm³/mol. The van der Waals surface area contributed by atoms with Crippen molar-refractivity contribution in [2.75, 3.05) is 0 Å². The molecule has 2 N–H and O–H groups in total. The zero-order chi connectivity index (χ0) is 14.5. The summed E-state index contributed by atoms with van der Waals surface area (Å²) in [6.45, 7) is 0. The van der Waals surface area contributed by atoms with Crippen molar-refractivity contribution in [3.8, 4) is 11.3 Å². The zero-order valence-corrected chi connectivity index (χ0v) is 11.9. The van der Waals surface area contributed by atoms with Crippen LogP contribution in [0.4, 0.5) is 0 Å². The maximum absolute atomic E-state index is 3.51. The topological polar surface area (TPSA) is 31.6 Å². The molecule has 0 aliphatic carbocycles. The lowest BCUT2D eigenvalue weighted by molar-refractivity contribution is 1.45. The van der Waals surface area contributed by atoms with E-state index in [0.29, 0.717) is 0 Å². The van der Waals surface area contributed by atoms with Gasteiger partial charge >= 0.3 is 0 Å². The Morgan fingerprint density at radius 2 is 1.50 bits per heavy atom. The first-order valence-electron chi connectivity index (χ1n) is 7.39. The molecular weight excluding hydrogens is 268 g/mol. The van der Waals surface area contributed by atoms with Crippen LogP contribution in [0.2, 0.25) is 0 Å². The van der Waals surface area contributed by atoms with Crippen LogP contribution in [-0.4, -0.2) is 9.97 Å². The fourth-order valence-corrected chi connectivity index (χ4v) is 3.15. The highest BCUT2D eigenvalue weighted by atomic mass is 14.7. The van der Waals surface area contributed by atoms with E-state index in [-0.39, 0.29) is 0 Å². The van der Waals surface area contributed by atoms with Gasteiger partial charge in [-0.05, 0) is 18.2 Å². The third-order valence-electron chi connectivity index (χ3n) is 4.24. The quantitative estimate of drug-likeness (QED) is 0.419. The fourth-order valence-electron chi connectivity index (χ4n) is 3.15. The molecule has 3 aromatic carbocycles. The van der Waals surface area contributed by atoms with Crippen molar-refractivity contribution in [3.63, 3.8) is 0 Å². The maximum atomic E-state index is 3.51. The van der Waals surface area contributed by atoms with E-state index in [1.807, 2.05) is 6.07 Å². The van der Waals surface area contributed by atoms with Crippen molar-refractivity contribution in [2.24, 2.45) is 0 Å². The summed E-state index contributed by atoms with van der Waals surface area (Å²) in [6.07, 6.45) is 0. The number of H-pyrrole nitrogens is 2. The summed E-state index contributed by atoms with van der Waals surface area (Å²) < 4.78 is 0. The molecule has 0 amide bonds. The molecule has 2 heterocycles. The molecule has 0 aliphatic rings. The highest BCUT2D eigenvalue weighted by Crippen LogP contribution is 2.30. The number of rotatable bonds is 1. The van der Waals surface area contributed by atoms with Crippen LogP contribution in [0.1, 0.15) is 0 Å². The highest BCUT2D eigenvalue weighted by Gasteiger charge is 2.07. The molecule has 0 spiro atoms. The average Bonchev–Trinajstić information content (AvgIpc) is 3.15. The molecule has 0 unspecified atom stereocenters. The van der Waals surface area contributed by atoms with Crippen molar-refractivity contribution in [1.29, 1.82) is 0 Å². The third kappa shape index (κ3) is 1.61. The predicted octanol–water partition coefficient (Wildman–Crippen LogP) is 5.27. The number of nitrogens with one attached hydrogen (secondary N) is 2. The molecule has 22 heavy (non-hydrogen) atoms. The van der Waals surface area contributed by atoms with Crippen molar-refractivity contribution in [2.45, 2.75) is 0 Å². The summed E-state index contributed by atoms with van der Waals surface area (Å²) >= 11 is 0. The van der Waals surface area contributed by atoms with Crippen molar-refractivity contribution < 1.29 is 0 Å². The Balaban J connectivity index is 1.75. The van der Waals surface area contributed by atoms with Gasteiger partial charge in [-0.25, -0.2) is 0 Å². The summed E-state index contributed by atoms with van der Waals surface area (Å²) in [5.74, 6) is 0. The molecule has 103 valence electrons. The lowest BCUT2D eigenvalue weighted by Crippen LogP contribution is -1.78. The Morgan fingerprint density at radius 1 is 0.682 bits per heavy atom. The third-order valence-corrected chi connectivity index (χ3v) is 4.24. The average molecular weight is 281 g/mol. The molecule has 5 aromatic rings. The van der Waals surface area contributed by atoms with Crippen molar-refractivity contribution in [3.05, 3.63) is 72.8 Å². The Bertz CT molecular complexity index is 1100. The summed E-state index contributed by atoms with van der Waals surface area (Å²) in [5, 5.41) is 3.69. The smallest absolute Gasteiger partial charge is 0.0552 e. The molecule has 2 nitrogen and oxygen atoms in total. The van der Waals surface area contributed by atoms with Crippen LogP contribution in [0, 0.1) is 6.07 Å². The first kappa shape index (κ1) is 11.6. The number of para-hydroxylation sites is 2. The van der Waals surface area contributed by atoms with Crippen LogP contribution in [0.15, 0.2) is 66.7 Å². The van der Waals surface area contributed by atoms with Gasteiger partial charge in [0.15, 0.2) is 0 Å². The molecule has 0 bridgehead atoms. The van der Waals surface area contributed by atoms with Gasteiger partial charge in [0.25, 0.3) is 0 Å². The van der Waals surface area contributed by atoms with Crippen LogP contribution < -0.4 is 0 Å². The normalized spacial score (nSPS) is 11.6. The van der Waals surface area contributed by atoms with Crippen LogP contribution in [0.3, 0.4) is 0 Å². The second kappa shape index (κ2) is 4.25. The van der Waals surface area contributed by atoms with Crippen molar-refractivity contribution in [1.82, 2.24) is 9.97 Å². The van der Waals surface area contributed by atoms with E-state index in [0.717, 1.165) is 27.8 Å². The molecule has 0 aliphatic heterocycles. The summed E-state index contributed by atoms with van der Waals surface area (Å²) in [7, 11) is 0. The van der Waals surface area contributed by atoms with Crippen LogP contribution in [0.25, 0.3) is 44.0 Å². The minimum atomic E-state index is 1.05. The van der Waals surface area contributed by atoms with Gasteiger partial charge in [-0.1, -0.05) is 48.5 Å². The number of hydrogen-bond acceptors (Lipinski definition) is 0. The largest absolute Gasteiger partial charge is 0.355 e. The molecule has 0 saturated carbocycles. The summed E-state index contributed by atoms with van der Waals surface area (Å²) in [6, 6.07) is 26.7. The van der Waals surface area contributed by atoms with E-state index in [1.54, 1.807) is 0 Å². The second-order valence-corrected chi connectivity index (χ2v) is 5.60. The Hall–Kier alpha value is -3.00. The highest BCUT2D eigenvalue weighted by molar-refractivity contribution is 6.07. The second-order valence-electron chi connectivity index (χ2n) is 5.60. The standard InChI is InChI=1S/C20H13N2/c1-3-7-17-13(5-1)11-19(21-17)14-9-10-16-15-6-2-4-8-18(15)22-20(16)12-14/h1-11,21-22H. The number of aromatic amines is 2. The molecule has 0 saturated heterocycles. The summed E-state index contributed by atoms with van der Waals surface area (Å²) in [5.41, 5.74) is 5.54. The number of benzene rings is 3. The Labute approximate surface area is 127 Å². The van der Waals surface area contributed by atoms with Crippen molar-refractivity contribution >= 4 is 32.7 Å². The Morgan fingerprint density at radius 3 is 2.41 bits per heavy atom. The van der Waals surface area contributed by atoms with Crippen LogP contribution >= 0.6 is 0 Å². The zero-order valence-electron chi connectivity index (χ0n) is 11.9. The monoisotopic (exact) mass is 281 g/mol. The SMILES string of the molecule is [c]1c(-c2cc3ccccc3[nH]2)ccc2c1[nH]c1ccccc12. The summed E-state index contributed by atoms with van der Waals surface area (Å²) in [4.78, 5) is 6.92. The van der Waals surface area contributed by atoms with Crippen LogP contribution in [0.5, 0.6) is 0 Å². The van der Waals surface area contributed by atoms with E-state index in [2.05, 4.69) is 76.7 Å². The van der Waals surface area contributed by atoms with Gasteiger partial charge in [0.2, 0.25) is 0 Å². The van der Waals surface area contributed by atoms with E-state index < -0.39 is 0 Å². The molecule has 5 rings (SSSR count). The number of hydrogen-bond donors (Lipinski definition) is 2. The number of fused-ring (bicyclic) bond motifs is 4. The van der Waals surface area contributed by atoms with Gasteiger partial charge < -0.3 is 9.97 Å². The lowest BCUT2D eigenvalue weighted by Gasteiger charge is -1.98. The van der Waals surface area contributed by atoms with Gasteiger partial charge in [-0.2, -0.15) is 0 Å². The first-order valence-corrected chi connectivity index (χ1v) is 7.39. The maximum Gasteiger partial charge on any atom is 0.0552 e. The minimum Gasteiger partial charge on any atom is -0.355 e. The molecule has 2 heteroatoms. The van der Waals surface area contributed by atoms with Gasteiger partial charge in [0, 0.05) is 44.5 Å². The van der Waals surface area contributed by atoms with Gasteiger partial charge in [-0.3, -0.25) is 0 Å². The fraction of sp³-hybridized carbons (Fsp3) is 0. The molecule has 2 aromatic heterocycles. The van der Waals surface area contributed by atoms with E-state index in [4.69, 9.17) is 0 Å². The van der Waals surface area contributed by atoms with E-state index >= 15 is 0 Å². The molecule has 1 radical (unpaired) electrons. The van der Waals surface area contributed by atoms with Gasteiger partial charge in [0.1, 0.15) is 0 Å². The lowest BCUT2D eigenvalue weighted by atomic mass is 10.1. The molecule has 0 fully saturated rings. The molecule has 0 atom stereocenters. The van der Waals surface area contributed by atoms with Gasteiger partial charge in [-0.15, -0.1) is 0 Å². The van der Waals surface area contributed by atoms with Crippen LogP contribution in [-0.2, 0) is 0 Å². The van der Waals surface area contributed by atoms with E-state index in [9.17, 15) is 0 Å². The molecular formula is C20H13N2. The van der Waals surface area contributed by atoms with E-state index in [1.165, 1.54) is 16.2 Å². The van der Waals surface area contributed by atoms with Gasteiger partial charge in [0.05, 0.1) is 5.52 Å².